The average molecular weight is 142 g/mol. The van der Waals surface area contributed by atoms with E-state index in [0.29, 0.717) is 12.1 Å². The highest BCUT2D eigenvalue weighted by Gasteiger charge is 2.20. The Kier molecular flexibility index (Phi) is 2.69. The monoisotopic (exact) mass is 142 g/mol. The van der Waals surface area contributed by atoms with Crippen molar-refractivity contribution in [2.24, 2.45) is 5.73 Å². The van der Waals surface area contributed by atoms with Crippen LogP contribution in [0.1, 0.15) is 26.7 Å². The van der Waals surface area contributed by atoms with Gasteiger partial charge in [-0.1, -0.05) is 6.92 Å². The van der Waals surface area contributed by atoms with Gasteiger partial charge >= 0.3 is 0 Å². The zero-order valence-corrected chi connectivity index (χ0v) is 7.01. The van der Waals surface area contributed by atoms with Crippen molar-refractivity contribution in [1.29, 1.82) is 0 Å². The van der Waals surface area contributed by atoms with Gasteiger partial charge in [-0.05, 0) is 32.9 Å². The van der Waals surface area contributed by atoms with E-state index in [1.165, 1.54) is 25.9 Å². The Labute approximate surface area is 63.4 Å². The molecule has 0 spiro atoms. The van der Waals surface area contributed by atoms with Crippen molar-refractivity contribution in [2.75, 3.05) is 13.1 Å². The summed E-state index contributed by atoms with van der Waals surface area (Å²) in [5.74, 6) is 0. The van der Waals surface area contributed by atoms with Crippen LogP contribution in [0.2, 0.25) is 0 Å². The van der Waals surface area contributed by atoms with Crippen LogP contribution in [-0.4, -0.2) is 30.1 Å². The van der Waals surface area contributed by atoms with Crippen LogP contribution in [0.5, 0.6) is 0 Å². The third-order valence-corrected chi connectivity index (χ3v) is 2.46. The molecule has 0 radical (unpaired) electrons. The SMILES string of the molecule is CCN1CCC(N)CC1C. The van der Waals surface area contributed by atoms with Crippen molar-refractivity contribution in [3.63, 3.8) is 0 Å². The normalized spacial score (nSPS) is 36.3. The van der Waals surface area contributed by atoms with Crippen LogP contribution in [0, 0.1) is 0 Å². The smallest absolute Gasteiger partial charge is 0.00815 e. The molecule has 0 bridgehead atoms. The van der Waals surface area contributed by atoms with Gasteiger partial charge < -0.3 is 10.6 Å². The molecule has 0 aromatic heterocycles. The maximum atomic E-state index is 5.82. The fraction of sp³-hybridized carbons (Fsp3) is 1.00. The molecule has 1 rings (SSSR count). The topological polar surface area (TPSA) is 29.3 Å². The summed E-state index contributed by atoms with van der Waals surface area (Å²) in [6.45, 7) is 6.85. The van der Waals surface area contributed by atoms with Crippen LogP contribution in [-0.2, 0) is 0 Å². The lowest BCUT2D eigenvalue weighted by Crippen LogP contribution is -2.45. The predicted octanol–water partition coefficient (Wildman–Crippen LogP) is 0.818. The Hall–Kier alpha value is -0.0800. The molecule has 10 heavy (non-hydrogen) atoms. The molecule has 1 aliphatic heterocycles. The maximum absolute atomic E-state index is 5.82. The molecule has 0 aromatic carbocycles. The van der Waals surface area contributed by atoms with Gasteiger partial charge in [-0.15, -0.1) is 0 Å². The molecular formula is C8H18N2. The molecule has 0 aromatic rings. The first-order valence-corrected chi connectivity index (χ1v) is 4.23. The van der Waals surface area contributed by atoms with Gasteiger partial charge in [0.2, 0.25) is 0 Å². The Bertz CT molecular complexity index is 103. The first kappa shape index (κ1) is 8.02. The molecule has 2 heteroatoms. The minimum absolute atomic E-state index is 0.456. The first-order valence-electron chi connectivity index (χ1n) is 4.23. The van der Waals surface area contributed by atoms with Crippen LogP contribution >= 0.6 is 0 Å². The van der Waals surface area contributed by atoms with Crippen molar-refractivity contribution in [3.05, 3.63) is 0 Å². The highest BCUT2D eigenvalue weighted by Crippen LogP contribution is 2.14. The summed E-state index contributed by atoms with van der Waals surface area (Å²) in [5, 5.41) is 0. The molecule has 1 saturated heterocycles. The van der Waals surface area contributed by atoms with E-state index in [1.54, 1.807) is 0 Å². The van der Waals surface area contributed by atoms with Crippen LogP contribution in [0.3, 0.4) is 0 Å². The van der Waals surface area contributed by atoms with E-state index in [2.05, 4.69) is 18.7 Å². The first-order chi connectivity index (χ1) is 4.74. The van der Waals surface area contributed by atoms with Gasteiger partial charge in [-0.3, -0.25) is 0 Å². The van der Waals surface area contributed by atoms with Gasteiger partial charge in [0.25, 0.3) is 0 Å². The van der Waals surface area contributed by atoms with Gasteiger partial charge in [0, 0.05) is 12.1 Å². The Morgan fingerprint density at radius 1 is 1.60 bits per heavy atom. The number of piperidine rings is 1. The summed E-state index contributed by atoms with van der Waals surface area (Å²) in [4.78, 5) is 2.49. The maximum Gasteiger partial charge on any atom is 0.00815 e. The number of hydrogen-bond donors (Lipinski definition) is 1. The minimum Gasteiger partial charge on any atom is -0.328 e. The Morgan fingerprint density at radius 2 is 2.30 bits per heavy atom. The molecule has 0 saturated carbocycles. The van der Waals surface area contributed by atoms with E-state index in [4.69, 9.17) is 5.73 Å². The van der Waals surface area contributed by atoms with E-state index in [0.717, 1.165) is 0 Å². The van der Waals surface area contributed by atoms with Crippen LogP contribution in [0.25, 0.3) is 0 Å². The second-order valence-electron chi connectivity index (χ2n) is 3.26. The summed E-state index contributed by atoms with van der Waals surface area (Å²) in [5.41, 5.74) is 5.82. The number of rotatable bonds is 1. The standard InChI is InChI=1S/C8H18N2/c1-3-10-5-4-8(9)6-7(10)2/h7-8H,3-6,9H2,1-2H3. The number of likely N-dealkylation sites (tertiary alicyclic amines) is 1. The molecule has 1 fully saturated rings. The Morgan fingerprint density at radius 3 is 2.80 bits per heavy atom. The molecule has 2 atom stereocenters. The van der Waals surface area contributed by atoms with Crippen LogP contribution < -0.4 is 5.73 Å². The van der Waals surface area contributed by atoms with E-state index in [-0.39, 0.29) is 0 Å². The molecule has 2 nitrogen and oxygen atoms in total. The molecule has 2 N–H and O–H groups in total. The summed E-state index contributed by atoms with van der Waals surface area (Å²) in [6.07, 6.45) is 2.35. The van der Waals surface area contributed by atoms with Gasteiger partial charge in [-0.2, -0.15) is 0 Å². The lowest BCUT2D eigenvalue weighted by Gasteiger charge is -2.35. The largest absolute Gasteiger partial charge is 0.328 e. The van der Waals surface area contributed by atoms with Gasteiger partial charge in [0.1, 0.15) is 0 Å². The van der Waals surface area contributed by atoms with E-state index in [1.807, 2.05) is 0 Å². The van der Waals surface area contributed by atoms with Crippen LogP contribution in [0.4, 0.5) is 0 Å². The van der Waals surface area contributed by atoms with Crippen molar-refractivity contribution < 1.29 is 0 Å². The van der Waals surface area contributed by atoms with E-state index >= 15 is 0 Å². The Balaban J connectivity index is 2.36. The highest BCUT2D eigenvalue weighted by molar-refractivity contribution is 4.79. The molecule has 0 aliphatic carbocycles. The van der Waals surface area contributed by atoms with E-state index in [9.17, 15) is 0 Å². The fourth-order valence-electron chi connectivity index (χ4n) is 1.73. The number of hydrogen-bond acceptors (Lipinski definition) is 2. The van der Waals surface area contributed by atoms with Crippen molar-refractivity contribution in [3.8, 4) is 0 Å². The summed E-state index contributed by atoms with van der Waals surface area (Å²) < 4.78 is 0. The van der Waals surface area contributed by atoms with Gasteiger partial charge in [-0.25, -0.2) is 0 Å². The third kappa shape index (κ3) is 1.70. The zero-order chi connectivity index (χ0) is 7.56. The number of nitrogens with zero attached hydrogens (tertiary/aromatic N) is 1. The number of nitrogens with two attached hydrogens (primary N) is 1. The van der Waals surface area contributed by atoms with E-state index < -0.39 is 0 Å². The summed E-state index contributed by atoms with van der Waals surface area (Å²) >= 11 is 0. The van der Waals surface area contributed by atoms with Gasteiger partial charge in [0.15, 0.2) is 0 Å². The lowest BCUT2D eigenvalue weighted by atomic mass is 9.99. The minimum atomic E-state index is 0.456. The van der Waals surface area contributed by atoms with Crippen molar-refractivity contribution >= 4 is 0 Å². The molecule has 2 unspecified atom stereocenters. The van der Waals surface area contributed by atoms with Crippen molar-refractivity contribution in [1.82, 2.24) is 4.90 Å². The lowest BCUT2D eigenvalue weighted by molar-refractivity contribution is 0.156. The quantitative estimate of drug-likeness (QED) is 0.587. The molecule has 1 heterocycles. The molecule has 1 aliphatic rings. The fourth-order valence-corrected chi connectivity index (χ4v) is 1.73. The second-order valence-corrected chi connectivity index (χ2v) is 3.26. The molecular weight excluding hydrogens is 124 g/mol. The molecule has 60 valence electrons. The summed E-state index contributed by atoms with van der Waals surface area (Å²) in [6, 6.07) is 1.16. The zero-order valence-electron chi connectivity index (χ0n) is 7.01. The highest BCUT2D eigenvalue weighted by atomic mass is 15.2. The van der Waals surface area contributed by atoms with Crippen LogP contribution in [0.15, 0.2) is 0 Å². The second kappa shape index (κ2) is 3.35. The summed E-state index contributed by atoms with van der Waals surface area (Å²) in [7, 11) is 0. The van der Waals surface area contributed by atoms with Crippen molar-refractivity contribution in [2.45, 2.75) is 38.8 Å². The third-order valence-electron chi connectivity index (χ3n) is 2.46. The predicted molar refractivity (Wildman–Crippen MR) is 43.9 cm³/mol. The average Bonchev–Trinajstić information content (AvgIpc) is 1.88. The molecule has 0 amide bonds. The van der Waals surface area contributed by atoms with Gasteiger partial charge in [0.05, 0.1) is 0 Å².